The number of nitrogens with zero attached hydrogens (tertiary/aromatic N) is 2. The minimum Gasteiger partial charge on any atom is -0.268 e. The van der Waals surface area contributed by atoms with Crippen LogP contribution in [0.15, 0.2) is 75.6 Å². The summed E-state index contributed by atoms with van der Waals surface area (Å²) in [5.41, 5.74) is 2.09. The molecule has 0 saturated heterocycles. The molecule has 0 spiro atoms. The summed E-state index contributed by atoms with van der Waals surface area (Å²) >= 11 is 19.9. The van der Waals surface area contributed by atoms with Crippen molar-refractivity contribution in [1.82, 2.24) is 7.91 Å². The van der Waals surface area contributed by atoms with Gasteiger partial charge in [0.15, 0.2) is 0 Å². The van der Waals surface area contributed by atoms with Crippen LogP contribution >= 0.6 is 57.9 Å². The maximum absolute atomic E-state index is 11.4. The molecule has 9 heteroatoms. The fraction of sp³-hybridized carbons (Fsp3) is 0.100. The molecule has 150 valence electrons. The third-order valence-corrected chi connectivity index (χ3v) is 6.27. The quantitative estimate of drug-likeness (QED) is 0.362. The number of aromatic nitrogens is 2. The van der Waals surface area contributed by atoms with Crippen LogP contribution in [0.3, 0.4) is 0 Å². The number of hydrogen-bond acceptors (Lipinski definition) is 4. The number of rotatable bonds is 4. The van der Waals surface area contributed by atoms with Crippen LogP contribution in [-0.2, 0) is 13.1 Å². The Balaban J connectivity index is 0.000000166. The van der Waals surface area contributed by atoms with Crippen LogP contribution in [0.2, 0.25) is 14.4 Å². The van der Waals surface area contributed by atoms with Crippen LogP contribution in [0.5, 0.6) is 0 Å². The van der Waals surface area contributed by atoms with Crippen LogP contribution in [0, 0.1) is 0 Å². The van der Waals surface area contributed by atoms with E-state index in [0.717, 1.165) is 11.1 Å². The Morgan fingerprint density at radius 2 is 1.21 bits per heavy atom. The molecular weight excluding hydrogens is 471 g/mol. The lowest BCUT2D eigenvalue weighted by molar-refractivity contribution is 0.849. The molecule has 0 bridgehead atoms. The summed E-state index contributed by atoms with van der Waals surface area (Å²) in [7, 11) is 0. The van der Waals surface area contributed by atoms with Gasteiger partial charge in [-0.15, -0.1) is 0 Å². The van der Waals surface area contributed by atoms with Crippen molar-refractivity contribution >= 4 is 57.9 Å². The van der Waals surface area contributed by atoms with E-state index in [2.05, 4.69) is 0 Å². The second-order valence-corrected chi connectivity index (χ2v) is 9.44. The Morgan fingerprint density at radius 3 is 1.62 bits per heavy atom. The molecule has 4 rings (SSSR count). The van der Waals surface area contributed by atoms with Crippen LogP contribution in [0.1, 0.15) is 11.1 Å². The number of halogens is 3. The van der Waals surface area contributed by atoms with Crippen molar-refractivity contribution in [3.8, 4) is 0 Å². The van der Waals surface area contributed by atoms with Crippen molar-refractivity contribution in [2.45, 2.75) is 13.1 Å². The second kappa shape index (κ2) is 10.3. The molecular formula is C20H15Cl3N2O2S2. The van der Waals surface area contributed by atoms with E-state index in [1.807, 2.05) is 36.4 Å². The highest BCUT2D eigenvalue weighted by Gasteiger charge is 2.03. The SMILES string of the molecule is O=c1cc(Cl)sn1Cc1ccc(Cl)cc1.O=c1ccsn1Cc1ccc(Cl)cc1. The Bertz CT molecular complexity index is 1180. The van der Waals surface area contributed by atoms with E-state index in [9.17, 15) is 9.59 Å². The van der Waals surface area contributed by atoms with E-state index in [4.69, 9.17) is 34.8 Å². The van der Waals surface area contributed by atoms with Crippen molar-refractivity contribution in [1.29, 1.82) is 0 Å². The first-order valence-electron chi connectivity index (χ1n) is 8.41. The third-order valence-electron chi connectivity index (χ3n) is 3.80. The molecule has 0 aliphatic heterocycles. The van der Waals surface area contributed by atoms with E-state index in [1.54, 1.807) is 31.5 Å². The maximum atomic E-state index is 11.4. The Hall–Kier alpha value is -1.83. The van der Waals surface area contributed by atoms with Crippen LogP contribution < -0.4 is 11.1 Å². The molecule has 4 nitrogen and oxygen atoms in total. The largest absolute Gasteiger partial charge is 0.268 e. The van der Waals surface area contributed by atoms with E-state index < -0.39 is 0 Å². The summed E-state index contributed by atoms with van der Waals surface area (Å²) < 4.78 is 3.81. The summed E-state index contributed by atoms with van der Waals surface area (Å²) in [5, 5.41) is 3.20. The molecule has 2 aromatic carbocycles. The molecule has 2 heterocycles. The normalized spacial score (nSPS) is 10.4. The highest BCUT2D eigenvalue weighted by molar-refractivity contribution is 7.11. The first-order chi connectivity index (χ1) is 13.9. The average molecular weight is 486 g/mol. The summed E-state index contributed by atoms with van der Waals surface area (Å²) in [4.78, 5) is 22.6. The highest BCUT2D eigenvalue weighted by atomic mass is 35.5. The molecule has 0 radical (unpaired) electrons. The zero-order chi connectivity index (χ0) is 20.8. The number of hydrogen-bond donors (Lipinski definition) is 0. The standard InChI is InChI=1S/C10H7Cl2NOS.C10H8ClNOS/c11-8-3-1-7(2-4-8)6-13-10(14)5-9(12)15-13;11-9-3-1-8(2-4-9)7-12-10(13)5-6-14-12/h1-5H,6H2;1-6H,7H2. The third kappa shape index (κ3) is 6.59. The molecule has 0 N–H and O–H groups in total. The van der Waals surface area contributed by atoms with Gasteiger partial charge in [0.1, 0.15) is 4.34 Å². The predicted molar refractivity (Wildman–Crippen MR) is 123 cm³/mol. The first-order valence-corrected chi connectivity index (χ1v) is 11.2. The van der Waals surface area contributed by atoms with Gasteiger partial charge in [0.2, 0.25) is 0 Å². The fourth-order valence-electron chi connectivity index (χ4n) is 2.38. The van der Waals surface area contributed by atoms with Crippen molar-refractivity contribution in [3.63, 3.8) is 0 Å². The first kappa shape index (κ1) is 21.9. The molecule has 0 atom stereocenters. The fourth-order valence-corrected chi connectivity index (χ4v) is 4.41. The Kier molecular flexibility index (Phi) is 7.75. The van der Waals surface area contributed by atoms with Crippen LogP contribution in [0.25, 0.3) is 0 Å². The van der Waals surface area contributed by atoms with Gasteiger partial charge in [-0.1, -0.05) is 70.6 Å². The van der Waals surface area contributed by atoms with Gasteiger partial charge in [-0.2, -0.15) is 0 Å². The second-order valence-electron chi connectivity index (χ2n) is 5.95. The van der Waals surface area contributed by atoms with Gasteiger partial charge in [-0.05, 0) is 46.9 Å². The predicted octanol–water partition coefficient (Wildman–Crippen LogP) is 5.88. The highest BCUT2D eigenvalue weighted by Crippen LogP contribution is 2.15. The van der Waals surface area contributed by atoms with Gasteiger partial charge >= 0.3 is 0 Å². The van der Waals surface area contributed by atoms with E-state index >= 15 is 0 Å². The number of benzene rings is 2. The van der Waals surface area contributed by atoms with Crippen molar-refractivity contribution < 1.29 is 0 Å². The van der Waals surface area contributed by atoms with Crippen LogP contribution in [0.4, 0.5) is 0 Å². The molecule has 0 unspecified atom stereocenters. The minimum atomic E-state index is -0.0695. The Morgan fingerprint density at radius 1 is 0.690 bits per heavy atom. The molecule has 2 aromatic heterocycles. The smallest absolute Gasteiger partial charge is 0.262 e. The summed E-state index contributed by atoms with van der Waals surface area (Å²) in [6.45, 7) is 1.15. The average Bonchev–Trinajstić information content (AvgIpc) is 3.24. The molecule has 29 heavy (non-hydrogen) atoms. The van der Waals surface area contributed by atoms with Crippen molar-refractivity contribution in [2.24, 2.45) is 0 Å². The van der Waals surface area contributed by atoms with Crippen molar-refractivity contribution in [2.75, 3.05) is 0 Å². The molecule has 4 aromatic rings. The van der Waals surface area contributed by atoms with Gasteiger partial charge in [-0.25, -0.2) is 0 Å². The topological polar surface area (TPSA) is 44.0 Å². The van der Waals surface area contributed by atoms with E-state index in [0.29, 0.717) is 27.5 Å². The Labute approximate surface area is 190 Å². The monoisotopic (exact) mass is 484 g/mol. The molecule has 0 aliphatic rings. The summed E-state index contributed by atoms with van der Waals surface area (Å²) in [6, 6.07) is 17.9. The maximum Gasteiger partial charge on any atom is 0.262 e. The molecule has 0 amide bonds. The van der Waals surface area contributed by atoms with Gasteiger partial charge in [0.05, 0.1) is 13.1 Å². The van der Waals surface area contributed by atoms with Crippen LogP contribution in [-0.4, -0.2) is 7.91 Å². The molecule has 0 saturated carbocycles. The zero-order valence-corrected chi connectivity index (χ0v) is 18.8. The van der Waals surface area contributed by atoms with Gasteiger partial charge in [-0.3, -0.25) is 17.5 Å². The minimum absolute atomic E-state index is 0.0463. The van der Waals surface area contributed by atoms with E-state index in [1.165, 1.54) is 29.1 Å². The van der Waals surface area contributed by atoms with Gasteiger partial charge in [0, 0.05) is 27.6 Å². The lowest BCUT2D eigenvalue weighted by atomic mass is 10.2. The van der Waals surface area contributed by atoms with Gasteiger partial charge < -0.3 is 0 Å². The summed E-state index contributed by atoms with van der Waals surface area (Å²) in [5.74, 6) is 0. The lowest BCUT2D eigenvalue weighted by Crippen LogP contribution is -2.12. The van der Waals surface area contributed by atoms with E-state index in [-0.39, 0.29) is 11.1 Å². The zero-order valence-electron chi connectivity index (χ0n) is 14.9. The molecule has 0 aliphatic carbocycles. The summed E-state index contributed by atoms with van der Waals surface area (Å²) in [6.07, 6.45) is 0. The van der Waals surface area contributed by atoms with Gasteiger partial charge in [0.25, 0.3) is 11.1 Å². The lowest BCUT2D eigenvalue weighted by Gasteiger charge is -2.00. The molecule has 0 fully saturated rings. The van der Waals surface area contributed by atoms with Crippen molar-refractivity contribution in [3.05, 3.63) is 112 Å².